The molecule has 0 saturated heterocycles. The molecule has 3 nitrogen and oxygen atoms in total. The maximum Gasteiger partial charge on any atom is 0.435 e. The summed E-state index contributed by atoms with van der Waals surface area (Å²) in [6.45, 7) is 1.55. The molecule has 0 spiro atoms. The second kappa shape index (κ2) is 7.20. The molecular weight excluding hydrogens is 363 g/mol. The van der Waals surface area contributed by atoms with Gasteiger partial charge in [0.15, 0.2) is 5.69 Å². The van der Waals surface area contributed by atoms with E-state index < -0.39 is 11.9 Å². The van der Waals surface area contributed by atoms with Crippen molar-refractivity contribution in [3.8, 4) is 11.3 Å². The summed E-state index contributed by atoms with van der Waals surface area (Å²) >= 11 is 0. The highest BCUT2D eigenvalue weighted by molar-refractivity contribution is 5.83. The van der Waals surface area contributed by atoms with Crippen molar-refractivity contribution in [2.75, 3.05) is 13.6 Å². The molecule has 0 fully saturated rings. The predicted octanol–water partition coefficient (Wildman–Crippen LogP) is 5.04. The number of hydrogen-bond acceptors (Lipinski definition) is 3. The summed E-state index contributed by atoms with van der Waals surface area (Å²) in [5.74, 6) is 0. The van der Waals surface area contributed by atoms with Gasteiger partial charge in [0, 0.05) is 18.7 Å². The molecule has 1 aliphatic heterocycles. The Morgan fingerprint density at radius 2 is 1.68 bits per heavy atom. The quantitative estimate of drug-likeness (QED) is 0.623. The van der Waals surface area contributed by atoms with Gasteiger partial charge in [0.05, 0.1) is 5.69 Å². The third-order valence-corrected chi connectivity index (χ3v) is 4.78. The van der Waals surface area contributed by atoms with Gasteiger partial charge in [0.25, 0.3) is 0 Å². The van der Waals surface area contributed by atoms with Crippen LogP contribution < -0.4 is 0 Å². The third-order valence-electron chi connectivity index (χ3n) is 4.78. The maximum absolute atomic E-state index is 12.7. The Labute approximate surface area is 161 Å². The van der Waals surface area contributed by atoms with Crippen molar-refractivity contribution in [2.24, 2.45) is 0 Å². The molecule has 0 amide bonds. The number of alkyl halides is 3. The molecular formula is C22H18F3N3. The van der Waals surface area contributed by atoms with Crippen molar-refractivity contribution in [2.45, 2.75) is 12.7 Å². The van der Waals surface area contributed by atoms with Crippen LogP contribution in [-0.2, 0) is 12.7 Å². The number of fused-ring (bicyclic) bond motifs is 1. The number of benzene rings is 2. The van der Waals surface area contributed by atoms with Crippen LogP contribution >= 0.6 is 0 Å². The lowest BCUT2D eigenvalue weighted by atomic mass is 9.92. The van der Waals surface area contributed by atoms with Crippen LogP contribution in [0.4, 0.5) is 13.2 Å². The van der Waals surface area contributed by atoms with Crippen LogP contribution in [0.25, 0.3) is 16.8 Å². The van der Waals surface area contributed by atoms with Crippen molar-refractivity contribution >= 4 is 5.57 Å². The molecule has 0 N–H and O–H groups in total. The Kier molecular flexibility index (Phi) is 4.73. The average Bonchev–Trinajstić information content (AvgIpc) is 2.85. The molecule has 2 aromatic carbocycles. The molecule has 1 aromatic heterocycles. The Bertz CT molecular complexity index is 1010. The predicted molar refractivity (Wildman–Crippen MR) is 102 cm³/mol. The monoisotopic (exact) mass is 381 g/mol. The molecule has 0 atom stereocenters. The fraction of sp³-hybridized carbons (Fsp3) is 0.182. The van der Waals surface area contributed by atoms with Crippen molar-refractivity contribution < 1.29 is 13.2 Å². The van der Waals surface area contributed by atoms with E-state index in [2.05, 4.69) is 33.3 Å². The smallest absolute Gasteiger partial charge is 0.298 e. The number of nitrogens with zero attached hydrogens (tertiary/aromatic N) is 3. The lowest BCUT2D eigenvalue weighted by Gasteiger charge is -2.15. The van der Waals surface area contributed by atoms with Gasteiger partial charge >= 0.3 is 6.18 Å². The molecule has 2 heterocycles. The highest BCUT2D eigenvalue weighted by Gasteiger charge is 2.32. The summed E-state index contributed by atoms with van der Waals surface area (Å²) in [4.78, 5) is 2.19. The first-order valence-corrected chi connectivity index (χ1v) is 8.90. The zero-order valence-corrected chi connectivity index (χ0v) is 15.2. The summed E-state index contributed by atoms with van der Waals surface area (Å²) in [6.07, 6.45) is -2.28. The van der Waals surface area contributed by atoms with Gasteiger partial charge in [0.2, 0.25) is 0 Å². The van der Waals surface area contributed by atoms with Crippen molar-refractivity contribution in [3.05, 3.63) is 89.1 Å². The van der Waals surface area contributed by atoms with Gasteiger partial charge in [-0.25, -0.2) is 0 Å². The van der Waals surface area contributed by atoms with Crippen molar-refractivity contribution in [3.63, 3.8) is 0 Å². The SMILES string of the molecule is CN1CC=C(c2ccccc2)c2ccc(-c3ccc(C(F)(F)F)nn3)cc2C1. The molecule has 0 aliphatic carbocycles. The van der Waals surface area contributed by atoms with E-state index in [1.807, 2.05) is 43.4 Å². The van der Waals surface area contributed by atoms with E-state index in [4.69, 9.17) is 0 Å². The summed E-state index contributed by atoms with van der Waals surface area (Å²) in [7, 11) is 2.04. The first kappa shape index (κ1) is 18.4. The topological polar surface area (TPSA) is 29.0 Å². The van der Waals surface area contributed by atoms with Crippen molar-refractivity contribution in [1.29, 1.82) is 0 Å². The number of hydrogen-bond donors (Lipinski definition) is 0. The Morgan fingerprint density at radius 1 is 0.893 bits per heavy atom. The van der Waals surface area contributed by atoms with Crippen LogP contribution in [0.3, 0.4) is 0 Å². The van der Waals surface area contributed by atoms with Gasteiger partial charge in [-0.2, -0.15) is 13.2 Å². The minimum atomic E-state index is -4.49. The number of rotatable bonds is 2. The summed E-state index contributed by atoms with van der Waals surface area (Å²) in [6, 6.07) is 18.4. The Morgan fingerprint density at radius 3 is 2.36 bits per heavy atom. The number of aromatic nitrogens is 2. The molecule has 1 aliphatic rings. The number of halogens is 3. The van der Waals surface area contributed by atoms with Gasteiger partial charge in [-0.1, -0.05) is 48.5 Å². The Hall–Kier alpha value is -2.99. The van der Waals surface area contributed by atoms with Crippen LogP contribution in [0, 0.1) is 0 Å². The molecule has 28 heavy (non-hydrogen) atoms. The standard InChI is InChI=1S/C22H18F3N3/c1-28-12-11-19(15-5-3-2-4-6-15)18-8-7-16(13-17(18)14-28)20-9-10-21(27-26-20)22(23,24)25/h2-11,13H,12,14H2,1H3. The van der Waals surface area contributed by atoms with Gasteiger partial charge in [-0.3, -0.25) is 4.90 Å². The maximum atomic E-state index is 12.7. The minimum Gasteiger partial charge on any atom is -0.298 e. The van der Waals surface area contributed by atoms with Crippen molar-refractivity contribution in [1.82, 2.24) is 15.1 Å². The van der Waals surface area contributed by atoms with E-state index >= 15 is 0 Å². The second-order valence-corrected chi connectivity index (χ2v) is 6.85. The lowest BCUT2D eigenvalue weighted by Crippen LogP contribution is -2.16. The number of likely N-dealkylation sites (N-methyl/N-ethyl adjacent to an activating group) is 1. The minimum absolute atomic E-state index is 0.424. The fourth-order valence-corrected chi connectivity index (χ4v) is 3.39. The zero-order valence-electron chi connectivity index (χ0n) is 15.2. The highest BCUT2D eigenvalue weighted by Crippen LogP contribution is 2.33. The van der Waals surface area contributed by atoms with Crippen LogP contribution in [0.2, 0.25) is 0 Å². The average molecular weight is 381 g/mol. The van der Waals surface area contributed by atoms with E-state index in [1.54, 1.807) is 0 Å². The van der Waals surface area contributed by atoms with Crippen LogP contribution in [0.1, 0.15) is 22.4 Å². The highest BCUT2D eigenvalue weighted by atomic mass is 19.4. The molecule has 0 unspecified atom stereocenters. The molecule has 6 heteroatoms. The van der Waals surface area contributed by atoms with Gasteiger partial charge in [-0.15, -0.1) is 10.2 Å². The molecule has 4 rings (SSSR count). The zero-order chi connectivity index (χ0) is 19.7. The third kappa shape index (κ3) is 3.68. The lowest BCUT2D eigenvalue weighted by molar-refractivity contribution is -0.141. The molecule has 3 aromatic rings. The normalized spacial score (nSPS) is 14.9. The van der Waals surface area contributed by atoms with E-state index in [1.165, 1.54) is 6.07 Å². The second-order valence-electron chi connectivity index (χ2n) is 6.85. The summed E-state index contributed by atoms with van der Waals surface area (Å²) in [5.41, 5.74) is 4.72. The molecule has 0 bridgehead atoms. The van der Waals surface area contributed by atoms with Crippen LogP contribution in [0.15, 0.2) is 66.7 Å². The fourth-order valence-electron chi connectivity index (χ4n) is 3.39. The first-order chi connectivity index (χ1) is 13.4. The molecule has 142 valence electrons. The Balaban J connectivity index is 1.74. The van der Waals surface area contributed by atoms with E-state index in [-0.39, 0.29) is 0 Å². The summed E-state index contributed by atoms with van der Waals surface area (Å²) in [5, 5.41) is 7.12. The van der Waals surface area contributed by atoms with E-state index in [9.17, 15) is 13.2 Å². The summed E-state index contributed by atoms with van der Waals surface area (Å²) < 4.78 is 38.2. The first-order valence-electron chi connectivity index (χ1n) is 8.90. The van der Waals surface area contributed by atoms with E-state index in [0.717, 1.165) is 47.0 Å². The van der Waals surface area contributed by atoms with Gasteiger partial charge in [0.1, 0.15) is 0 Å². The molecule has 0 radical (unpaired) electrons. The van der Waals surface area contributed by atoms with Gasteiger partial charge in [-0.05, 0) is 47.5 Å². The van der Waals surface area contributed by atoms with E-state index in [0.29, 0.717) is 5.69 Å². The van der Waals surface area contributed by atoms with Crippen LogP contribution in [-0.4, -0.2) is 28.7 Å². The van der Waals surface area contributed by atoms with Crippen LogP contribution in [0.5, 0.6) is 0 Å². The largest absolute Gasteiger partial charge is 0.435 e. The van der Waals surface area contributed by atoms with Gasteiger partial charge < -0.3 is 0 Å². The molecule has 0 saturated carbocycles.